The average molecular weight is 1220 g/mol. The Labute approximate surface area is 520 Å². The third-order valence-electron chi connectivity index (χ3n) is 6.83. The molecule has 15 heteroatoms. The van der Waals surface area contributed by atoms with Crippen molar-refractivity contribution < 1.29 is 17.8 Å². The molecule has 82 heavy (non-hydrogen) atoms. The number of nitrogens with zero attached hydrogens (tertiary/aromatic N) is 7. The molecule has 0 saturated carbocycles. The number of thiazole rings is 2. The van der Waals surface area contributed by atoms with Gasteiger partial charge in [-0.05, 0) is 116 Å². The molecule has 11 nitrogen and oxygen atoms in total. The average Bonchev–Trinajstić information content (AvgIpc) is 4.36. The van der Waals surface area contributed by atoms with Crippen LogP contribution in [-0.2, 0) is 7.05 Å². The maximum atomic E-state index is 4.83. The van der Waals surface area contributed by atoms with Crippen molar-refractivity contribution in [3.63, 3.8) is 0 Å². The maximum Gasteiger partial charge on any atom is 0.190 e. The molecule has 0 bridgehead atoms. The van der Waals surface area contributed by atoms with E-state index < -0.39 is 0 Å². The number of hydrogen-bond acceptors (Lipinski definition) is 14. The van der Waals surface area contributed by atoms with E-state index in [0.717, 1.165) is 28.2 Å². The van der Waals surface area contributed by atoms with Gasteiger partial charge in [0, 0.05) is 70.5 Å². The van der Waals surface area contributed by atoms with Crippen LogP contribution in [0.2, 0.25) is 0 Å². The fourth-order valence-electron chi connectivity index (χ4n) is 3.51. The van der Waals surface area contributed by atoms with E-state index in [4.69, 9.17) is 13.3 Å². The molecule has 0 fully saturated rings. The topological polar surface area (TPSA) is 135 Å². The summed E-state index contributed by atoms with van der Waals surface area (Å²) in [5.41, 5.74) is 4.46. The lowest BCUT2D eigenvalue weighted by Gasteiger charge is -1.89. The zero-order valence-corrected chi connectivity index (χ0v) is 60.7. The molecule has 0 aliphatic carbocycles. The second-order valence-electron chi connectivity index (χ2n) is 12.4. The van der Waals surface area contributed by atoms with Crippen molar-refractivity contribution in [1.82, 2.24) is 34.0 Å². The summed E-state index contributed by atoms with van der Waals surface area (Å²) in [7, 11) is 2.04. The molecule has 0 unspecified atom stereocenters. The Morgan fingerprint density at radius 2 is 1.01 bits per heavy atom. The number of furan rings is 1. The van der Waals surface area contributed by atoms with Gasteiger partial charge in [0.05, 0.1) is 35.4 Å². The molecule has 0 aliphatic rings. The second kappa shape index (κ2) is 91.5. The molecule has 0 spiro atoms. The van der Waals surface area contributed by atoms with Crippen molar-refractivity contribution in [2.24, 2.45) is 7.05 Å². The zero-order valence-electron chi connectivity index (χ0n) is 57.4. The van der Waals surface area contributed by atoms with Gasteiger partial charge in [0.25, 0.3) is 0 Å². The summed E-state index contributed by atoms with van der Waals surface area (Å²) in [4.78, 5) is 19.1. The molecule has 0 amide bonds. The van der Waals surface area contributed by atoms with Crippen molar-refractivity contribution in [3.8, 4) is 0 Å². The number of benzene rings is 1. The number of aryl methyl sites for hydroxylation is 11. The minimum atomic E-state index is 0.718. The lowest BCUT2D eigenvalue weighted by atomic mass is 10.2. The predicted octanol–water partition coefficient (Wildman–Crippen LogP) is 24.5. The van der Waals surface area contributed by atoms with Gasteiger partial charge in [-0.1, -0.05) is 186 Å². The summed E-state index contributed by atoms with van der Waals surface area (Å²) in [6.45, 7) is 59.8. The zero-order chi connectivity index (χ0) is 65.6. The van der Waals surface area contributed by atoms with Crippen molar-refractivity contribution in [2.75, 3.05) is 0 Å². The van der Waals surface area contributed by atoms with Crippen molar-refractivity contribution >= 4 is 45.5 Å². The minimum Gasteiger partial charge on any atom is -0.470 e. The van der Waals surface area contributed by atoms with Crippen molar-refractivity contribution in [3.05, 3.63) is 211 Å². The molecule has 0 saturated heterocycles. The Kier molecular flexibility index (Phi) is 109. The summed E-state index contributed by atoms with van der Waals surface area (Å²) in [5, 5.41) is 8.63. The lowest BCUT2D eigenvalue weighted by Crippen LogP contribution is -1.84. The third-order valence-corrected chi connectivity index (χ3v) is 9.69. The first kappa shape index (κ1) is 98.1. The van der Waals surface area contributed by atoms with E-state index in [-0.39, 0.29) is 0 Å². The molecule has 1 aromatic carbocycles. The molecule has 0 aliphatic heterocycles. The molecule has 470 valence electrons. The first-order chi connectivity index (χ1) is 39.8. The van der Waals surface area contributed by atoms with E-state index in [2.05, 4.69) is 95.0 Å². The van der Waals surface area contributed by atoms with Crippen LogP contribution in [0.4, 0.5) is 0 Å². The van der Waals surface area contributed by atoms with Crippen LogP contribution in [0.5, 0.6) is 0 Å². The molecule has 0 radical (unpaired) electrons. The highest BCUT2D eigenvalue weighted by atomic mass is 32.1. The number of thiophene rings is 1. The van der Waals surface area contributed by atoms with Gasteiger partial charge in [-0.15, -0.1) is 34.0 Å². The first-order valence-electron chi connectivity index (χ1n) is 29.1. The van der Waals surface area contributed by atoms with Gasteiger partial charge in [0.15, 0.2) is 12.3 Å². The van der Waals surface area contributed by atoms with E-state index in [1.165, 1.54) is 43.8 Å². The van der Waals surface area contributed by atoms with Gasteiger partial charge < -0.3 is 22.3 Å². The molecule has 0 atom stereocenters. The van der Waals surface area contributed by atoms with Gasteiger partial charge in [-0.3, -0.25) is 9.97 Å². The monoisotopic (exact) mass is 1210 g/mol. The predicted molar refractivity (Wildman–Crippen MR) is 372 cm³/mol. The number of hydrogen-bond donors (Lipinski definition) is 0. The molecule has 9 aromatic heterocycles. The van der Waals surface area contributed by atoms with Gasteiger partial charge in [0.2, 0.25) is 0 Å². The Bertz CT molecular complexity index is 1890. The highest BCUT2D eigenvalue weighted by molar-refractivity contribution is 7.10. The highest BCUT2D eigenvalue weighted by Crippen LogP contribution is 2.04. The molecular weight excluding hydrogens is 1100 g/mol. The summed E-state index contributed by atoms with van der Waals surface area (Å²) in [6.07, 6.45) is 17.0. The van der Waals surface area contributed by atoms with Gasteiger partial charge in [-0.25, -0.2) is 14.3 Å². The van der Waals surface area contributed by atoms with Crippen LogP contribution in [0.25, 0.3) is 0 Å². The number of rotatable bonds is 0. The standard InChI is InChI=1S/C7H8.C6H9N.C5H6O.C5H6S.3C4H5NO.3C4H5NS.10C2H6/c1-7-5-3-2-4-6-7;1-6-4-3-5-7(6)2;2*1-5-3-2-4-6-5;1-4-2-5-3-6-4;1-4-5-2-3-6-4;1-4-2-3-5-6-4;1-4-2-5-3-6-4;1-4-5-2-3-6-4;1-4-2-3-5-6-4;10*1-2/h2-6H,1H3;3-5H,1-2H3;2*2-4H,1H3;6*2-3H,1H3;10*1-2H3. The number of aromatic nitrogens is 7. The summed E-state index contributed by atoms with van der Waals surface area (Å²) in [5.74, 6) is 3.40. The fourth-order valence-corrected chi connectivity index (χ4v) is 5.30. The van der Waals surface area contributed by atoms with Crippen LogP contribution in [0, 0.1) is 69.2 Å². The maximum absolute atomic E-state index is 4.83. The van der Waals surface area contributed by atoms with Crippen LogP contribution in [0.1, 0.15) is 193 Å². The Morgan fingerprint density at radius 3 is 1.15 bits per heavy atom. The Balaban J connectivity index is -0.0000000849. The van der Waals surface area contributed by atoms with Crippen LogP contribution in [0.3, 0.4) is 0 Å². The summed E-state index contributed by atoms with van der Waals surface area (Å²) < 4.78 is 24.8. The Hall–Kier alpha value is -6.00. The van der Waals surface area contributed by atoms with Gasteiger partial charge in [0.1, 0.15) is 23.5 Å². The van der Waals surface area contributed by atoms with E-state index in [0.29, 0.717) is 0 Å². The van der Waals surface area contributed by atoms with Crippen molar-refractivity contribution in [2.45, 2.75) is 208 Å². The van der Waals surface area contributed by atoms with Crippen LogP contribution in [-0.4, -0.2) is 34.0 Å². The quantitative estimate of drug-likeness (QED) is 0.144. The van der Waals surface area contributed by atoms with E-state index in [9.17, 15) is 0 Å². The Morgan fingerprint density at radius 1 is 0.415 bits per heavy atom. The van der Waals surface area contributed by atoms with E-state index in [1.807, 2.05) is 253 Å². The second-order valence-corrected chi connectivity index (χ2v) is 16.8. The van der Waals surface area contributed by atoms with Crippen LogP contribution >= 0.6 is 45.5 Å². The molecule has 10 rings (SSSR count). The highest BCUT2D eigenvalue weighted by Gasteiger charge is 1.83. The first-order valence-corrected chi connectivity index (χ1v) is 32.5. The third kappa shape index (κ3) is 85.3. The molecule has 0 N–H and O–H groups in total. The van der Waals surface area contributed by atoms with E-state index in [1.54, 1.807) is 90.5 Å². The minimum absolute atomic E-state index is 0.718. The largest absolute Gasteiger partial charge is 0.470 e. The molecule has 10 aromatic rings. The summed E-state index contributed by atoms with van der Waals surface area (Å²) in [6, 6.07) is 26.1. The summed E-state index contributed by atoms with van der Waals surface area (Å²) >= 11 is 6.64. The number of oxazole rings is 2. The van der Waals surface area contributed by atoms with Crippen molar-refractivity contribution in [1.29, 1.82) is 0 Å². The lowest BCUT2D eigenvalue weighted by molar-refractivity contribution is 0.397. The van der Waals surface area contributed by atoms with Crippen LogP contribution in [0.15, 0.2) is 175 Å². The molecule has 9 heterocycles. The molecular formula is C67H119N7O4S4. The van der Waals surface area contributed by atoms with Crippen LogP contribution < -0.4 is 0 Å². The normalized spacial score (nSPS) is 7.45. The smallest absolute Gasteiger partial charge is 0.190 e. The van der Waals surface area contributed by atoms with Gasteiger partial charge in [-0.2, -0.15) is 0 Å². The van der Waals surface area contributed by atoms with E-state index >= 15 is 0 Å². The van der Waals surface area contributed by atoms with Gasteiger partial charge >= 0.3 is 0 Å². The fraction of sp³-hybridized carbons (Fsp3) is 0.463. The SMILES string of the molecule is CC.CC.CC.CC.CC.CC.CC.CC.CC.CC.Cc1ccccc1.Cc1cccn1C.Cc1ccco1.Cc1cccs1.Cc1ccno1.Cc1ccns1.Cc1cnco1.Cc1cncs1.Cc1ncco1.Cc1nccs1.